The van der Waals surface area contributed by atoms with E-state index in [-0.39, 0.29) is 18.1 Å². The number of aromatic hydroxyl groups is 2. The van der Waals surface area contributed by atoms with Crippen LogP contribution in [0.5, 0.6) is 11.5 Å². The number of esters is 1. The van der Waals surface area contributed by atoms with Crippen LogP contribution in [0.25, 0.3) is 0 Å². The van der Waals surface area contributed by atoms with Crippen molar-refractivity contribution in [2.45, 2.75) is 19.9 Å². The van der Waals surface area contributed by atoms with E-state index < -0.39 is 12.0 Å². The predicted octanol–water partition coefficient (Wildman–Crippen LogP) is 1.45. The molecule has 0 amide bonds. The van der Waals surface area contributed by atoms with Crippen molar-refractivity contribution in [2.75, 3.05) is 6.61 Å². The van der Waals surface area contributed by atoms with Crippen LogP contribution in [0.2, 0.25) is 0 Å². The van der Waals surface area contributed by atoms with Gasteiger partial charge in [0.25, 0.3) is 0 Å². The van der Waals surface area contributed by atoms with Gasteiger partial charge in [-0.05, 0) is 43.8 Å². The summed E-state index contributed by atoms with van der Waals surface area (Å²) in [5.41, 5.74) is 1.57. The number of ether oxygens (including phenoxy) is 1. The highest BCUT2D eigenvalue weighted by atomic mass is 32.1. The molecule has 0 fully saturated rings. The molecule has 1 aliphatic heterocycles. The molecule has 1 aliphatic rings. The van der Waals surface area contributed by atoms with Crippen LogP contribution >= 0.6 is 12.2 Å². The second-order valence-corrected chi connectivity index (χ2v) is 4.95. The number of rotatable bonds is 3. The third-order valence-corrected chi connectivity index (χ3v) is 3.32. The number of allylic oxidation sites excluding steroid dienone is 1. The average Bonchev–Trinajstić information content (AvgIpc) is 2.41. The first-order chi connectivity index (χ1) is 9.93. The van der Waals surface area contributed by atoms with Crippen molar-refractivity contribution in [1.29, 1.82) is 0 Å². The normalized spacial score (nSPS) is 18.0. The van der Waals surface area contributed by atoms with Crippen molar-refractivity contribution in [1.82, 2.24) is 10.6 Å². The fourth-order valence-electron chi connectivity index (χ4n) is 2.14. The lowest BCUT2D eigenvalue weighted by Gasteiger charge is -2.29. The Kier molecular flexibility index (Phi) is 4.32. The Balaban J connectivity index is 2.46. The van der Waals surface area contributed by atoms with Gasteiger partial charge in [0.05, 0.1) is 18.2 Å². The monoisotopic (exact) mass is 308 g/mol. The van der Waals surface area contributed by atoms with E-state index in [0.717, 1.165) is 0 Å². The number of nitrogens with one attached hydrogen (secondary N) is 2. The van der Waals surface area contributed by atoms with Crippen LogP contribution in [0.15, 0.2) is 29.5 Å². The summed E-state index contributed by atoms with van der Waals surface area (Å²) in [6, 6.07) is 3.79. The molecule has 6 nitrogen and oxygen atoms in total. The Labute approximate surface area is 127 Å². The summed E-state index contributed by atoms with van der Waals surface area (Å²) in [6.45, 7) is 3.71. The van der Waals surface area contributed by atoms with Gasteiger partial charge in [0.15, 0.2) is 16.6 Å². The van der Waals surface area contributed by atoms with Gasteiger partial charge in [0.1, 0.15) is 0 Å². The number of hydrogen-bond acceptors (Lipinski definition) is 5. The summed E-state index contributed by atoms with van der Waals surface area (Å²) in [4.78, 5) is 12.1. The highest BCUT2D eigenvalue weighted by molar-refractivity contribution is 7.80. The number of phenols is 2. The van der Waals surface area contributed by atoms with Crippen LogP contribution in [-0.2, 0) is 9.53 Å². The van der Waals surface area contributed by atoms with Gasteiger partial charge < -0.3 is 25.6 Å². The first kappa shape index (κ1) is 15.1. The number of benzene rings is 1. The van der Waals surface area contributed by atoms with Crippen LogP contribution in [0.3, 0.4) is 0 Å². The smallest absolute Gasteiger partial charge is 0.338 e. The lowest BCUT2D eigenvalue weighted by atomic mass is 9.95. The molecule has 4 N–H and O–H groups in total. The average molecular weight is 308 g/mol. The van der Waals surface area contributed by atoms with Gasteiger partial charge in [-0.1, -0.05) is 6.07 Å². The first-order valence-corrected chi connectivity index (χ1v) is 6.82. The Morgan fingerprint density at radius 1 is 1.38 bits per heavy atom. The highest BCUT2D eigenvalue weighted by Gasteiger charge is 2.31. The summed E-state index contributed by atoms with van der Waals surface area (Å²) < 4.78 is 5.06. The first-order valence-electron chi connectivity index (χ1n) is 6.41. The minimum atomic E-state index is -0.552. The van der Waals surface area contributed by atoms with Gasteiger partial charge in [-0.25, -0.2) is 4.79 Å². The fraction of sp³-hybridized carbons (Fsp3) is 0.286. The summed E-state index contributed by atoms with van der Waals surface area (Å²) >= 11 is 5.10. The van der Waals surface area contributed by atoms with Gasteiger partial charge in [-0.15, -0.1) is 0 Å². The van der Waals surface area contributed by atoms with Gasteiger partial charge in [0.2, 0.25) is 0 Å². The number of carbonyl (C=O) groups is 1. The summed E-state index contributed by atoms with van der Waals surface area (Å²) in [5, 5.41) is 25.2. The van der Waals surface area contributed by atoms with Gasteiger partial charge in [-0.3, -0.25) is 0 Å². The van der Waals surface area contributed by atoms with E-state index >= 15 is 0 Å². The largest absolute Gasteiger partial charge is 0.504 e. The van der Waals surface area contributed by atoms with Gasteiger partial charge in [0, 0.05) is 5.70 Å². The maximum atomic E-state index is 12.1. The maximum Gasteiger partial charge on any atom is 0.338 e. The molecule has 1 heterocycles. The van der Waals surface area contributed by atoms with Gasteiger partial charge in [-0.2, -0.15) is 0 Å². The molecule has 2 rings (SSSR count). The fourth-order valence-corrected chi connectivity index (χ4v) is 2.41. The van der Waals surface area contributed by atoms with Gasteiger partial charge >= 0.3 is 5.97 Å². The molecule has 0 unspecified atom stereocenters. The third-order valence-electron chi connectivity index (χ3n) is 3.10. The van der Waals surface area contributed by atoms with E-state index in [1.807, 2.05) is 0 Å². The molecule has 0 bridgehead atoms. The van der Waals surface area contributed by atoms with Crippen molar-refractivity contribution in [3.8, 4) is 11.5 Å². The second-order valence-electron chi connectivity index (χ2n) is 4.54. The van der Waals surface area contributed by atoms with E-state index in [9.17, 15) is 15.0 Å². The lowest BCUT2D eigenvalue weighted by molar-refractivity contribution is -0.139. The van der Waals surface area contributed by atoms with E-state index in [1.54, 1.807) is 19.9 Å². The molecule has 0 aliphatic carbocycles. The zero-order valence-corrected chi connectivity index (χ0v) is 12.5. The molecule has 7 heteroatoms. The molecule has 0 saturated heterocycles. The number of phenolic OH excluding ortho intramolecular Hbond substituents is 2. The topological polar surface area (TPSA) is 90.8 Å². The highest BCUT2D eigenvalue weighted by Crippen LogP contribution is 2.33. The molecule has 0 aromatic heterocycles. The molecule has 112 valence electrons. The maximum absolute atomic E-state index is 12.1. The lowest BCUT2D eigenvalue weighted by Crippen LogP contribution is -2.45. The Morgan fingerprint density at radius 2 is 2.10 bits per heavy atom. The minimum absolute atomic E-state index is 0.228. The third kappa shape index (κ3) is 3.08. The number of thiocarbonyl (C=S) groups is 1. The van der Waals surface area contributed by atoms with Crippen molar-refractivity contribution < 1.29 is 19.7 Å². The van der Waals surface area contributed by atoms with Crippen LogP contribution in [0, 0.1) is 0 Å². The Hall–Kier alpha value is -2.28. The molecule has 1 aromatic carbocycles. The van der Waals surface area contributed by atoms with Crippen molar-refractivity contribution >= 4 is 23.3 Å². The molecule has 1 atom stereocenters. The van der Waals surface area contributed by atoms with E-state index in [4.69, 9.17) is 17.0 Å². The summed E-state index contributed by atoms with van der Waals surface area (Å²) in [7, 11) is 0. The van der Waals surface area contributed by atoms with Crippen LogP contribution in [0.4, 0.5) is 0 Å². The van der Waals surface area contributed by atoms with E-state index in [1.165, 1.54) is 12.1 Å². The molecular weight excluding hydrogens is 292 g/mol. The second kappa shape index (κ2) is 6.01. The van der Waals surface area contributed by atoms with Crippen LogP contribution < -0.4 is 10.6 Å². The number of carbonyl (C=O) groups excluding carboxylic acids is 1. The zero-order chi connectivity index (χ0) is 15.6. The SMILES string of the molecule is CCOC(=O)C1=C(C)NC(=S)N[C@H]1c1ccc(O)c(O)c1. The molecule has 0 saturated carbocycles. The minimum Gasteiger partial charge on any atom is -0.504 e. The van der Waals surface area contributed by atoms with Crippen LogP contribution in [-0.4, -0.2) is 27.9 Å². The molecule has 0 radical (unpaired) electrons. The van der Waals surface area contributed by atoms with E-state index in [0.29, 0.717) is 21.9 Å². The molecule has 0 spiro atoms. The molecule has 21 heavy (non-hydrogen) atoms. The van der Waals surface area contributed by atoms with Crippen molar-refractivity contribution in [3.63, 3.8) is 0 Å². The van der Waals surface area contributed by atoms with Crippen molar-refractivity contribution in [3.05, 3.63) is 35.0 Å². The molecular formula is C14H16N2O4S. The summed E-state index contributed by atoms with van der Waals surface area (Å²) in [5.74, 6) is -0.955. The quantitative estimate of drug-likeness (QED) is 0.382. The number of hydrogen-bond donors (Lipinski definition) is 4. The van der Waals surface area contributed by atoms with Crippen LogP contribution in [0.1, 0.15) is 25.5 Å². The standard InChI is InChI=1S/C14H16N2O4S/c1-3-20-13(19)11-7(2)15-14(21)16-12(11)8-4-5-9(17)10(18)6-8/h4-6,12,17-18H,3H2,1-2H3,(H2,15,16,21)/t12-/m0/s1. The Bertz CT molecular complexity index is 627. The predicted molar refractivity (Wildman–Crippen MR) is 80.7 cm³/mol. The van der Waals surface area contributed by atoms with E-state index in [2.05, 4.69) is 10.6 Å². The van der Waals surface area contributed by atoms with Crippen molar-refractivity contribution in [2.24, 2.45) is 0 Å². The zero-order valence-electron chi connectivity index (χ0n) is 11.6. The molecule has 1 aromatic rings. The summed E-state index contributed by atoms with van der Waals surface area (Å²) in [6.07, 6.45) is 0. The Morgan fingerprint density at radius 3 is 2.71 bits per heavy atom.